The van der Waals surface area contributed by atoms with Crippen molar-refractivity contribution in [1.29, 1.82) is 0 Å². The zero-order chi connectivity index (χ0) is 14.6. The summed E-state index contributed by atoms with van der Waals surface area (Å²) in [5.41, 5.74) is 5.49. The average Bonchev–Trinajstić information content (AvgIpc) is 2.99. The Bertz CT molecular complexity index is 568. The first-order valence-electron chi connectivity index (χ1n) is 6.44. The van der Waals surface area contributed by atoms with E-state index in [9.17, 15) is 8.42 Å². The number of aromatic nitrogens is 1. The van der Waals surface area contributed by atoms with Crippen LogP contribution in [0.1, 0.15) is 25.7 Å². The van der Waals surface area contributed by atoms with Gasteiger partial charge in [-0.05, 0) is 25.0 Å². The topological polar surface area (TPSA) is 109 Å². The molecule has 0 radical (unpaired) electrons. The van der Waals surface area contributed by atoms with Gasteiger partial charge in [0.15, 0.2) is 5.84 Å². The Morgan fingerprint density at radius 1 is 1.50 bits per heavy atom. The van der Waals surface area contributed by atoms with Crippen LogP contribution in [-0.4, -0.2) is 41.3 Å². The number of sulfonamides is 1. The number of nitrogens with zero attached hydrogens (tertiary/aromatic N) is 3. The molecule has 1 aliphatic rings. The molecule has 0 saturated heterocycles. The van der Waals surface area contributed by atoms with Crippen molar-refractivity contribution in [3.05, 3.63) is 24.5 Å². The van der Waals surface area contributed by atoms with Crippen LogP contribution >= 0.6 is 0 Å². The van der Waals surface area contributed by atoms with E-state index in [1.165, 1.54) is 22.8 Å². The van der Waals surface area contributed by atoms with Crippen molar-refractivity contribution in [2.45, 2.75) is 36.6 Å². The summed E-state index contributed by atoms with van der Waals surface area (Å²) in [7, 11) is -3.69. The van der Waals surface area contributed by atoms with Gasteiger partial charge < -0.3 is 10.9 Å². The molecule has 20 heavy (non-hydrogen) atoms. The number of amidine groups is 1. The second-order valence-electron chi connectivity index (χ2n) is 4.77. The van der Waals surface area contributed by atoms with Crippen molar-refractivity contribution in [2.24, 2.45) is 10.9 Å². The molecule has 0 spiro atoms. The monoisotopic (exact) mass is 298 g/mol. The minimum absolute atomic E-state index is 0.111. The Morgan fingerprint density at radius 3 is 2.75 bits per heavy atom. The van der Waals surface area contributed by atoms with Crippen LogP contribution in [0.15, 0.2) is 34.6 Å². The number of rotatable bonds is 5. The largest absolute Gasteiger partial charge is 0.409 e. The summed E-state index contributed by atoms with van der Waals surface area (Å²) < 4.78 is 26.6. The van der Waals surface area contributed by atoms with Gasteiger partial charge in [-0.15, -0.1) is 0 Å². The van der Waals surface area contributed by atoms with Crippen molar-refractivity contribution in [2.75, 3.05) is 6.54 Å². The standard InChI is InChI=1S/C12H18N4O3S/c13-12(15-17)9-16(10-4-1-2-5-10)20(18,19)11-6-3-7-14-8-11/h3,6-8,10,17H,1-2,4-5,9H2,(H2,13,15). The Hall–Kier alpha value is -1.67. The van der Waals surface area contributed by atoms with Gasteiger partial charge in [-0.3, -0.25) is 4.98 Å². The van der Waals surface area contributed by atoms with Gasteiger partial charge >= 0.3 is 0 Å². The highest BCUT2D eigenvalue weighted by atomic mass is 32.2. The van der Waals surface area contributed by atoms with Crippen LogP contribution in [0.5, 0.6) is 0 Å². The average molecular weight is 298 g/mol. The van der Waals surface area contributed by atoms with Crippen LogP contribution < -0.4 is 5.73 Å². The molecule has 1 aliphatic carbocycles. The zero-order valence-corrected chi connectivity index (χ0v) is 11.8. The second kappa shape index (κ2) is 6.19. The highest BCUT2D eigenvalue weighted by Crippen LogP contribution is 2.28. The molecule has 2 rings (SSSR count). The minimum Gasteiger partial charge on any atom is -0.409 e. The third-order valence-corrected chi connectivity index (χ3v) is 5.30. The van der Waals surface area contributed by atoms with Crippen LogP contribution in [0, 0.1) is 0 Å². The summed E-state index contributed by atoms with van der Waals surface area (Å²) in [6.07, 6.45) is 6.38. The van der Waals surface area contributed by atoms with Crippen molar-refractivity contribution < 1.29 is 13.6 Å². The Morgan fingerprint density at radius 2 is 2.20 bits per heavy atom. The van der Waals surface area contributed by atoms with E-state index in [-0.39, 0.29) is 23.3 Å². The fourth-order valence-corrected chi connectivity index (χ4v) is 4.05. The molecule has 0 amide bonds. The molecule has 110 valence electrons. The lowest BCUT2D eigenvalue weighted by atomic mass is 10.2. The highest BCUT2D eigenvalue weighted by molar-refractivity contribution is 7.89. The molecule has 1 aromatic heterocycles. The lowest BCUT2D eigenvalue weighted by molar-refractivity contribution is 0.308. The van der Waals surface area contributed by atoms with Gasteiger partial charge in [0.1, 0.15) is 4.90 Å². The van der Waals surface area contributed by atoms with Crippen LogP contribution in [0.25, 0.3) is 0 Å². The van der Waals surface area contributed by atoms with E-state index >= 15 is 0 Å². The molecule has 0 atom stereocenters. The van der Waals surface area contributed by atoms with Crippen molar-refractivity contribution in [1.82, 2.24) is 9.29 Å². The van der Waals surface area contributed by atoms with Crippen LogP contribution in [0.4, 0.5) is 0 Å². The summed E-state index contributed by atoms with van der Waals surface area (Å²) >= 11 is 0. The number of nitrogens with two attached hydrogens (primary N) is 1. The van der Waals surface area contributed by atoms with E-state index in [0.717, 1.165) is 25.7 Å². The highest BCUT2D eigenvalue weighted by Gasteiger charge is 2.34. The summed E-state index contributed by atoms with van der Waals surface area (Å²) in [5, 5.41) is 11.6. The Kier molecular flexibility index (Phi) is 4.56. The maximum absolute atomic E-state index is 12.7. The number of oxime groups is 1. The molecule has 0 aromatic carbocycles. The van der Waals surface area contributed by atoms with Crippen LogP contribution in [0.3, 0.4) is 0 Å². The van der Waals surface area contributed by atoms with Gasteiger partial charge in [0, 0.05) is 18.4 Å². The van der Waals surface area contributed by atoms with Crippen molar-refractivity contribution in [3.8, 4) is 0 Å². The summed E-state index contributed by atoms with van der Waals surface area (Å²) in [5.74, 6) is -0.121. The summed E-state index contributed by atoms with van der Waals surface area (Å²) in [6, 6.07) is 2.96. The van der Waals surface area contributed by atoms with Gasteiger partial charge in [-0.1, -0.05) is 18.0 Å². The molecule has 0 unspecified atom stereocenters. The first-order chi connectivity index (χ1) is 9.55. The molecule has 8 heteroatoms. The van der Waals surface area contributed by atoms with Crippen molar-refractivity contribution >= 4 is 15.9 Å². The predicted molar refractivity (Wildman–Crippen MR) is 73.8 cm³/mol. The predicted octanol–water partition coefficient (Wildman–Crippen LogP) is 0.761. The lowest BCUT2D eigenvalue weighted by Gasteiger charge is -2.27. The molecule has 1 aromatic rings. The molecular weight excluding hydrogens is 280 g/mol. The molecule has 0 bridgehead atoms. The molecule has 1 fully saturated rings. The summed E-state index contributed by atoms with van der Waals surface area (Å²) in [4.78, 5) is 3.97. The molecule has 3 N–H and O–H groups in total. The lowest BCUT2D eigenvalue weighted by Crippen LogP contribution is -2.44. The van der Waals surface area contributed by atoms with E-state index in [4.69, 9.17) is 10.9 Å². The maximum Gasteiger partial charge on any atom is 0.245 e. The van der Waals surface area contributed by atoms with Gasteiger partial charge in [0.25, 0.3) is 0 Å². The van der Waals surface area contributed by atoms with Crippen LogP contribution in [0.2, 0.25) is 0 Å². The third kappa shape index (κ3) is 3.07. The fourth-order valence-electron chi connectivity index (χ4n) is 2.43. The first kappa shape index (κ1) is 14.7. The number of pyridine rings is 1. The minimum atomic E-state index is -3.69. The SMILES string of the molecule is NC(CN(C1CCCC1)S(=O)(=O)c1cccnc1)=NO. The summed E-state index contributed by atoms with van der Waals surface area (Å²) in [6.45, 7) is -0.113. The Labute approximate surface area is 118 Å². The number of hydrogen-bond acceptors (Lipinski definition) is 5. The number of hydrogen-bond donors (Lipinski definition) is 2. The quantitative estimate of drug-likeness (QED) is 0.361. The van der Waals surface area contributed by atoms with E-state index in [0.29, 0.717) is 0 Å². The van der Waals surface area contributed by atoms with Gasteiger partial charge in [-0.2, -0.15) is 4.31 Å². The van der Waals surface area contributed by atoms with Gasteiger partial charge in [0.05, 0.1) is 6.54 Å². The van der Waals surface area contributed by atoms with Crippen LogP contribution in [-0.2, 0) is 10.0 Å². The van der Waals surface area contributed by atoms with Gasteiger partial charge in [0.2, 0.25) is 10.0 Å². The van der Waals surface area contributed by atoms with E-state index in [2.05, 4.69) is 10.1 Å². The maximum atomic E-state index is 12.7. The third-order valence-electron chi connectivity index (χ3n) is 3.42. The molecular formula is C12H18N4O3S. The smallest absolute Gasteiger partial charge is 0.245 e. The van der Waals surface area contributed by atoms with E-state index in [1.54, 1.807) is 6.07 Å². The first-order valence-corrected chi connectivity index (χ1v) is 7.88. The zero-order valence-electron chi connectivity index (χ0n) is 11.0. The normalized spacial score (nSPS) is 17.8. The molecule has 1 heterocycles. The fraction of sp³-hybridized carbons (Fsp3) is 0.500. The van der Waals surface area contributed by atoms with E-state index in [1.807, 2.05) is 0 Å². The molecule has 0 aliphatic heterocycles. The Balaban J connectivity index is 2.34. The van der Waals surface area contributed by atoms with Gasteiger partial charge in [-0.25, -0.2) is 8.42 Å². The molecule has 7 nitrogen and oxygen atoms in total. The van der Waals surface area contributed by atoms with Crippen molar-refractivity contribution in [3.63, 3.8) is 0 Å². The van der Waals surface area contributed by atoms with E-state index < -0.39 is 10.0 Å². The molecule has 1 saturated carbocycles. The second-order valence-corrected chi connectivity index (χ2v) is 6.66.